The van der Waals surface area contributed by atoms with E-state index in [1.54, 1.807) is 17.0 Å². The third-order valence-electron chi connectivity index (χ3n) is 3.61. The van der Waals surface area contributed by atoms with Crippen molar-refractivity contribution in [1.82, 2.24) is 10.6 Å². The number of halogens is 1. The maximum atomic E-state index is 12.1. The molecule has 120 valence electrons. The lowest BCUT2D eigenvalue weighted by atomic mass is 10.1. The molecule has 0 aliphatic carbocycles. The van der Waals surface area contributed by atoms with E-state index in [4.69, 9.17) is 11.6 Å². The van der Waals surface area contributed by atoms with Gasteiger partial charge in [-0.25, -0.2) is 4.79 Å². The van der Waals surface area contributed by atoms with E-state index in [0.717, 1.165) is 12.1 Å². The van der Waals surface area contributed by atoms with Crippen LogP contribution in [0.15, 0.2) is 24.3 Å². The first-order valence-electron chi connectivity index (χ1n) is 7.56. The number of carbonyl (C=O) groups excluding carboxylic acids is 2. The van der Waals surface area contributed by atoms with E-state index in [2.05, 4.69) is 24.5 Å². The summed E-state index contributed by atoms with van der Waals surface area (Å²) < 4.78 is 0. The predicted octanol–water partition coefficient (Wildman–Crippen LogP) is 2.79. The molecule has 0 saturated carbocycles. The summed E-state index contributed by atoms with van der Waals surface area (Å²) in [5, 5.41) is 6.31. The van der Waals surface area contributed by atoms with Gasteiger partial charge >= 0.3 is 6.03 Å². The van der Waals surface area contributed by atoms with Crippen LogP contribution in [0.5, 0.6) is 0 Å². The molecule has 22 heavy (non-hydrogen) atoms. The van der Waals surface area contributed by atoms with E-state index in [-0.39, 0.29) is 18.0 Å². The zero-order valence-electron chi connectivity index (χ0n) is 12.9. The van der Waals surface area contributed by atoms with Gasteiger partial charge in [-0.3, -0.25) is 4.79 Å². The standard InChI is InChI=1S/C16H22ClN3O2/c1-11(2)7-8-18-16(22)19-13-9-15(21)20(10-13)14-5-3-12(17)4-6-14/h3-6,11,13H,7-10H2,1-2H3,(H2,18,19,22). The van der Waals surface area contributed by atoms with Crippen LogP contribution in [0.4, 0.5) is 10.5 Å². The van der Waals surface area contributed by atoms with Gasteiger partial charge in [0.15, 0.2) is 0 Å². The van der Waals surface area contributed by atoms with Crippen molar-refractivity contribution in [2.75, 3.05) is 18.0 Å². The monoisotopic (exact) mass is 323 g/mol. The lowest BCUT2D eigenvalue weighted by molar-refractivity contribution is -0.117. The summed E-state index contributed by atoms with van der Waals surface area (Å²) in [5.41, 5.74) is 0.805. The van der Waals surface area contributed by atoms with E-state index in [1.165, 1.54) is 0 Å². The number of hydrogen-bond donors (Lipinski definition) is 2. The first-order chi connectivity index (χ1) is 10.5. The van der Waals surface area contributed by atoms with Crippen molar-refractivity contribution in [3.05, 3.63) is 29.3 Å². The summed E-state index contributed by atoms with van der Waals surface area (Å²) in [5.74, 6) is 0.559. The van der Waals surface area contributed by atoms with Crippen LogP contribution in [-0.2, 0) is 4.79 Å². The molecule has 0 bridgehead atoms. The van der Waals surface area contributed by atoms with E-state index in [9.17, 15) is 9.59 Å². The van der Waals surface area contributed by atoms with Gasteiger partial charge in [0.2, 0.25) is 5.91 Å². The maximum absolute atomic E-state index is 12.1. The van der Waals surface area contributed by atoms with Crippen molar-refractivity contribution in [1.29, 1.82) is 0 Å². The van der Waals surface area contributed by atoms with Crippen molar-refractivity contribution < 1.29 is 9.59 Å². The summed E-state index contributed by atoms with van der Waals surface area (Å²) in [7, 11) is 0. The van der Waals surface area contributed by atoms with Crippen molar-refractivity contribution in [2.24, 2.45) is 5.92 Å². The Labute approximate surface area is 136 Å². The SMILES string of the molecule is CC(C)CCNC(=O)NC1CC(=O)N(c2ccc(Cl)cc2)C1. The minimum absolute atomic E-state index is 0.00908. The molecule has 2 N–H and O–H groups in total. The summed E-state index contributed by atoms with van der Waals surface area (Å²) in [6.45, 7) is 5.35. The Bertz CT molecular complexity index is 531. The Balaban J connectivity index is 1.84. The van der Waals surface area contributed by atoms with Crippen LogP contribution in [-0.4, -0.2) is 31.1 Å². The number of benzene rings is 1. The second-order valence-corrected chi connectivity index (χ2v) is 6.40. The van der Waals surface area contributed by atoms with Crippen LogP contribution in [0.3, 0.4) is 0 Å². The molecule has 0 aromatic heterocycles. The smallest absolute Gasteiger partial charge is 0.315 e. The predicted molar refractivity (Wildman–Crippen MR) is 88.2 cm³/mol. The average molecular weight is 324 g/mol. The molecule has 2 rings (SSSR count). The van der Waals surface area contributed by atoms with E-state index in [0.29, 0.717) is 30.5 Å². The van der Waals surface area contributed by atoms with Crippen LogP contribution in [0, 0.1) is 5.92 Å². The highest BCUT2D eigenvalue weighted by atomic mass is 35.5. The fraction of sp³-hybridized carbons (Fsp3) is 0.500. The van der Waals surface area contributed by atoms with E-state index < -0.39 is 0 Å². The third kappa shape index (κ3) is 4.63. The van der Waals surface area contributed by atoms with Crippen molar-refractivity contribution in [2.45, 2.75) is 32.7 Å². The molecule has 1 aromatic rings. The molecule has 5 nitrogen and oxygen atoms in total. The first kappa shape index (κ1) is 16.6. The van der Waals surface area contributed by atoms with E-state index in [1.807, 2.05) is 12.1 Å². The molecular weight excluding hydrogens is 302 g/mol. The molecule has 1 aliphatic heterocycles. The number of nitrogens with one attached hydrogen (secondary N) is 2. The molecule has 0 spiro atoms. The van der Waals surface area contributed by atoms with Gasteiger partial charge in [0, 0.05) is 30.2 Å². The van der Waals surface area contributed by atoms with E-state index >= 15 is 0 Å². The van der Waals surface area contributed by atoms with Gasteiger partial charge in [-0.2, -0.15) is 0 Å². The second-order valence-electron chi connectivity index (χ2n) is 5.96. The molecule has 1 saturated heterocycles. The Morgan fingerprint density at radius 3 is 2.68 bits per heavy atom. The maximum Gasteiger partial charge on any atom is 0.315 e. The first-order valence-corrected chi connectivity index (χ1v) is 7.94. The highest BCUT2D eigenvalue weighted by Crippen LogP contribution is 2.23. The zero-order chi connectivity index (χ0) is 16.1. The summed E-state index contributed by atoms with van der Waals surface area (Å²) in [4.78, 5) is 25.6. The average Bonchev–Trinajstić information content (AvgIpc) is 2.80. The van der Waals surface area contributed by atoms with Crippen LogP contribution in [0.25, 0.3) is 0 Å². The molecule has 1 aliphatic rings. The van der Waals surface area contributed by atoms with Gasteiger partial charge in [0.1, 0.15) is 0 Å². The highest BCUT2D eigenvalue weighted by Gasteiger charge is 2.31. The van der Waals surface area contributed by atoms with Crippen molar-refractivity contribution in [3.63, 3.8) is 0 Å². The second kappa shape index (κ2) is 7.49. The molecule has 1 heterocycles. The highest BCUT2D eigenvalue weighted by molar-refractivity contribution is 6.30. The third-order valence-corrected chi connectivity index (χ3v) is 3.86. The van der Waals surface area contributed by atoms with Gasteiger partial charge in [-0.15, -0.1) is 0 Å². The quantitative estimate of drug-likeness (QED) is 0.875. The molecule has 3 amide bonds. The summed E-state index contributed by atoms with van der Waals surface area (Å²) in [6, 6.07) is 6.75. The number of anilines is 1. The topological polar surface area (TPSA) is 61.4 Å². The molecule has 1 unspecified atom stereocenters. The number of amides is 3. The molecule has 6 heteroatoms. The number of nitrogens with zero attached hydrogens (tertiary/aromatic N) is 1. The minimum Gasteiger partial charge on any atom is -0.338 e. The number of carbonyl (C=O) groups is 2. The Kier molecular flexibility index (Phi) is 5.66. The Morgan fingerprint density at radius 1 is 1.36 bits per heavy atom. The fourth-order valence-corrected chi connectivity index (χ4v) is 2.51. The van der Waals surface area contributed by atoms with Crippen molar-refractivity contribution in [3.8, 4) is 0 Å². The molecule has 0 radical (unpaired) electrons. The lowest BCUT2D eigenvalue weighted by Gasteiger charge is -2.17. The van der Waals surface area contributed by atoms with Crippen LogP contribution < -0.4 is 15.5 Å². The van der Waals surface area contributed by atoms with Gasteiger partial charge in [0.05, 0.1) is 6.04 Å². The lowest BCUT2D eigenvalue weighted by Crippen LogP contribution is -2.43. The Hall–Kier alpha value is -1.75. The summed E-state index contributed by atoms with van der Waals surface area (Å²) in [6.07, 6.45) is 1.26. The molecule has 1 aromatic carbocycles. The number of rotatable bonds is 5. The van der Waals surface area contributed by atoms with Crippen LogP contribution in [0.1, 0.15) is 26.7 Å². The van der Waals surface area contributed by atoms with Gasteiger partial charge in [0.25, 0.3) is 0 Å². The molecule has 1 fully saturated rings. The van der Waals surface area contributed by atoms with Gasteiger partial charge in [-0.1, -0.05) is 25.4 Å². The summed E-state index contributed by atoms with van der Waals surface area (Å²) >= 11 is 5.85. The van der Waals surface area contributed by atoms with Gasteiger partial charge in [-0.05, 0) is 36.6 Å². The normalized spacial score (nSPS) is 17.9. The van der Waals surface area contributed by atoms with Crippen LogP contribution >= 0.6 is 11.6 Å². The molecule has 1 atom stereocenters. The van der Waals surface area contributed by atoms with Gasteiger partial charge < -0.3 is 15.5 Å². The number of urea groups is 1. The largest absolute Gasteiger partial charge is 0.338 e. The van der Waals surface area contributed by atoms with Crippen LogP contribution in [0.2, 0.25) is 5.02 Å². The van der Waals surface area contributed by atoms with Crippen molar-refractivity contribution >= 4 is 29.2 Å². The molecular formula is C16H22ClN3O2. The minimum atomic E-state index is -0.212. The fourth-order valence-electron chi connectivity index (χ4n) is 2.39. The number of hydrogen-bond acceptors (Lipinski definition) is 2. The Morgan fingerprint density at radius 2 is 2.05 bits per heavy atom. The zero-order valence-corrected chi connectivity index (χ0v) is 13.7.